The molecule has 0 saturated carbocycles. The van der Waals surface area contributed by atoms with Gasteiger partial charge in [0.15, 0.2) is 0 Å². The molecule has 0 N–H and O–H groups in total. The Kier molecular flexibility index (Phi) is 10.1. The molecule has 0 nitrogen and oxygen atoms in total. The van der Waals surface area contributed by atoms with E-state index in [1.165, 1.54) is 46.2 Å². The maximum atomic E-state index is 2.66. The minimum Gasteiger partial charge on any atom is -1.00 e. The summed E-state index contributed by atoms with van der Waals surface area (Å²) in [7, 11) is 0. The number of hydrogen-bond donors (Lipinski definition) is 0. The van der Waals surface area contributed by atoms with Gasteiger partial charge in [0.05, 0.1) is 0 Å². The van der Waals surface area contributed by atoms with Crippen LogP contribution in [0.3, 0.4) is 0 Å². The number of hydrogen-bond acceptors (Lipinski definition) is 0. The van der Waals surface area contributed by atoms with Crippen molar-refractivity contribution < 1.29 is 46.1 Å². The predicted octanol–water partition coefficient (Wildman–Crippen LogP) is 2.65. The summed E-state index contributed by atoms with van der Waals surface area (Å²) in [4.78, 5) is 0. The molecule has 0 aliphatic heterocycles. The van der Waals surface area contributed by atoms with Crippen LogP contribution in [0.25, 0.3) is 11.1 Å². The second-order valence-corrected chi connectivity index (χ2v) is 18.2. The van der Waals surface area contributed by atoms with Crippen molar-refractivity contribution in [3.63, 3.8) is 0 Å². The molecule has 0 amide bonds. The minimum atomic E-state index is -2.48. The second-order valence-electron chi connectivity index (χ2n) is 11.9. The summed E-state index contributed by atoms with van der Waals surface area (Å²) < 4.78 is 5.19. The van der Waals surface area contributed by atoms with Crippen LogP contribution in [-0.2, 0) is 27.7 Å². The SMILES string of the molecule is CCCC1C=C(C(C)(C)C)C=[C]1/[Zr+2](=[C](\C)c1ccccc1)[c]1c(C)ccc2c1Cc1cc(C)ccc1-2.[Cl-].[Cl-]. The molecule has 1 atom stereocenters. The van der Waals surface area contributed by atoms with Crippen molar-refractivity contribution in [2.75, 3.05) is 0 Å². The number of allylic oxidation sites excluding steroid dienone is 4. The first-order valence-corrected chi connectivity index (χ1v) is 17.3. The zero-order valence-electron chi connectivity index (χ0n) is 23.9. The molecule has 5 rings (SSSR count). The number of fused-ring (bicyclic) bond motifs is 3. The van der Waals surface area contributed by atoms with Crippen LogP contribution in [-0.4, -0.2) is 3.21 Å². The van der Waals surface area contributed by atoms with Crippen LogP contribution in [0.4, 0.5) is 0 Å². The van der Waals surface area contributed by atoms with Gasteiger partial charge in [-0.1, -0.05) is 0 Å². The van der Waals surface area contributed by atoms with Gasteiger partial charge in [0.2, 0.25) is 0 Å². The van der Waals surface area contributed by atoms with E-state index in [1.54, 1.807) is 20.9 Å². The van der Waals surface area contributed by atoms with E-state index in [1.807, 2.05) is 0 Å². The van der Waals surface area contributed by atoms with Crippen molar-refractivity contribution in [2.24, 2.45) is 11.3 Å². The number of benzene rings is 3. The Hall–Kier alpha value is -1.53. The number of halogens is 2. The van der Waals surface area contributed by atoms with E-state index in [4.69, 9.17) is 0 Å². The summed E-state index contributed by atoms with van der Waals surface area (Å²) >= 11 is -2.48. The van der Waals surface area contributed by atoms with Crippen molar-refractivity contribution in [2.45, 2.75) is 67.7 Å². The smallest absolute Gasteiger partial charge is 1.00 e. The average Bonchev–Trinajstić information content (AvgIpc) is 3.42. The molecule has 38 heavy (non-hydrogen) atoms. The molecule has 3 heteroatoms. The van der Waals surface area contributed by atoms with Crippen LogP contribution >= 0.6 is 0 Å². The molecule has 0 radical (unpaired) electrons. The monoisotopic (exact) mass is 620 g/mol. The van der Waals surface area contributed by atoms with E-state index in [0.717, 1.165) is 6.42 Å². The third kappa shape index (κ3) is 5.82. The number of rotatable bonds is 5. The van der Waals surface area contributed by atoms with Gasteiger partial charge in [0.25, 0.3) is 0 Å². The van der Waals surface area contributed by atoms with Gasteiger partial charge in [-0.05, 0) is 0 Å². The molecule has 0 spiro atoms. The quantitative estimate of drug-likeness (QED) is 0.321. The van der Waals surface area contributed by atoms with E-state index < -0.39 is 21.3 Å². The normalized spacial score (nSPS) is 16.0. The fourth-order valence-electron chi connectivity index (χ4n) is 6.15. The molecule has 0 heterocycles. The summed E-state index contributed by atoms with van der Waals surface area (Å²) in [6.07, 6.45) is 8.86. The maximum Gasteiger partial charge on any atom is -1.00 e. The summed E-state index contributed by atoms with van der Waals surface area (Å²) in [6.45, 7) is 16.6. The predicted molar refractivity (Wildman–Crippen MR) is 154 cm³/mol. The second kappa shape index (κ2) is 12.3. The average molecular weight is 623 g/mol. The minimum absolute atomic E-state index is 0. The zero-order valence-corrected chi connectivity index (χ0v) is 27.9. The van der Waals surface area contributed by atoms with Crippen molar-refractivity contribution in [3.05, 3.63) is 109 Å². The van der Waals surface area contributed by atoms with Gasteiger partial charge >= 0.3 is 227 Å². The Morgan fingerprint density at radius 1 is 0.921 bits per heavy atom. The molecule has 1 unspecified atom stereocenters. The van der Waals surface area contributed by atoms with Crippen LogP contribution in [0.5, 0.6) is 0 Å². The van der Waals surface area contributed by atoms with Crippen molar-refractivity contribution in [3.8, 4) is 11.1 Å². The molecule has 0 bridgehead atoms. The molecule has 2 aliphatic carbocycles. The summed E-state index contributed by atoms with van der Waals surface area (Å²) in [5.41, 5.74) is 12.1. The van der Waals surface area contributed by atoms with E-state index >= 15 is 0 Å². The Morgan fingerprint density at radius 2 is 1.61 bits per heavy atom. The van der Waals surface area contributed by atoms with Crippen molar-refractivity contribution >= 4 is 6.48 Å². The van der Waals surface area contributed by atoms with Crippen LogP contribution in [0.15, 0.2) is 81.7 Å². The first-order chi connectivity index (χ1) is 17.2. The summed E-state index contributed by atoms with van der Waals surface area (Å²) in [5, 5.41) is 0. The fraction of sp³-hybridized carbons (Fsp3) is 0.343. The van der Waals surface area contributed by atoms with E-state index in [9.17, 15) is 0 Å². The van der Waals surface area contributed by atoms with Gasteiger partial charge < -0.3 is 24.8 Å². The third-order valence-corrected chi connectivity index (χ3v) is 16.3. The van der Waals surface area contributed by atoms with E-state index in [2.05, 4.69) is 121 Å². The molecular formula is C35H40Cl2Zr. The summed E-state index contributed by atoms with van der Waals surface area (Å²) in [6, 6.07) is 23.1. The van der Waals surface area contributed by atoms with Crippen molar-refractivity contribution in [1.82, 2.24) is 0 Å². The van der Waals surface area contributed by atoms with Crippen LogP contribution < -0.4 is 28.1 Å². The zero-order chi connectivity index (χ0) is 25.6. The van der Waals surface area contributed by atoms with Crippen molar-refractivity contribution in [1.29, 1.82) is 0 Å². The van der Waals surface area contributed by atoms with Gasteiger partial charge in [0, 0.05) is 0 Å². The topological polar surface area (TPSA) is 0 Å². The Labute approximate surface area is 250 Å². The Bertz CT molecular complexity index is 1420. The molecule has 0 saturated heterocycles. The van der Waals surface area contributed by atoms with Crippen LogP contribution in [0.1, 0.15) is 75.3 Å². The first kappa shape index (κ1) is 31.0. The van der Waals surface area contributed by atoms with Gasteiger partial charge in [-0.2, -0.15) is 0 Å². The standard InChI is InChI=1S/C15H13.C12H19.C8H8.2ClH.Zr/c1-10-3-5-14-12(7-10)9-13-8-11(2)4-6-15(13)14;1-5-6-10-7-8-11(9-10)12(2,3)4;1-2-8-6-4-3-5-7-8;;;/h3-7H,9H2,1-2H3;8-10H,5-6H2,1-4H3;3-7H,1H3;2*1H;/q;;;;;+2/p-2. The molecule has 198 valence electrons. The molecule has 0 fully saturated rings. The van der Waals surface area contributed by atoms with E-state index in [-0.39, 0.29) is 30.2 Å². The van der Waals surface area contributed by atoms with E-state index in [0.29, 0.717) is 5.92 Å². The summed E-state index contributed by atoms with van der Waals surface area (Å²) in [5.74, 6) is 0.582. The Morgan fingerprint density at radius 3 is 2.26 bits per heavy atom. The molecule has 2 aliphatic rings. The fourth-order valence-corrected chi connectivity index (χ4v) is 14.6. The molecule has 0 aromatic heterocycles. The van der Waals surface area contributed by atoms with Gasteiger partial charge in [-0.25, -0.2) is 0 Å². The third-order valence-electron chi connectivity index (χ3n) is 8.12. The number of aryl methyl sites for hydroxylation is 2. The molecular weight excluding hydrogens is 583 g/mol. The van der Waals surface area contributed by atoms with Gasteiger partial charge in [-0.3, -0.25) is 0 Å². The Balaban J connectivity index is 0.00000200. The first-order valence-electron chi connectivity index (χ1n) is 13.6. The van der Waals surface area contributed by atoms with Crippen LogP contribution in [0, 0.1) is 25.2 Å². The maximum absolute atomic E-state index is 2.66. The molecule has 3 aromatic rings. The van der Waals surface area contributed by atoms with Gasteiger partial charge in [0.1, 0.15) is 0 Å². The molecule has 3 aromatic carbocycles. The largest absolute Gasteiger partial charge is 1.00 e. The van der Waals surface area contributed by atoms with Gasteiger partial charge in [-0.15, -0.1) is 0 Å². The van der Waals surface area contributed by atoms with Crippen LogP contribution in [0.2, 0.25) is 0 Å².